The average Bonchev–Trinajstić information content (AvgIpc) is 2.88. The van der Waals surface area contributed by atoms with Crippen LogP contribution in [-0.2, 0) is 12.8 Å². The molecule has 0 bridgehead atoms. The summed E-state index contributed by atoms with van der Waals surface area (Å²) in [5, 5.41) is 0. The summed E-state index contributed by atoms with van der Waals surface area (Å²) in [5.74, 6) is 0.617. The number of allylic oxidation sites excluding steroid dienone is 1. The minimum absolute atomic E-state index is 0.109. The topological polar surface area (TPSA) is 17.1 Å². The number of hydrogen-bond acceptors (Lipinski definition) is 1. The van der Waals surface area contributed by atoms with Crippen LogP contribution in [0.5, 0.6) is 0 Å². The van der Waals surface area contributed by atoms with Crippen molar-refractivity contribution in [2.75, 3.05) is 0 Å². The Balaban J connectivity index is 1.65. The molecule has 0 radical (unpaired) electrons. The van der Waals surface area contributed by atoms with Gasteiger partial charge in [0, 0.05) is 16.0 Å². The van der Waals surface area contributed by atoms with E-state index in [2.05, 4.69) is 84.4 Å². The van der Waals surface area contributed by atoms with Crippen LogP contribution in [0.2, 0.25) is 0 Å². The van der Waals surface area contributed by atoms with Crippen LogP contribution in [0.3, 0.4) is 0 Å². The summed E-state index contributed by atoms with van der Waals surface area (Å²) in [6, 6.07) is 23.6. The highest BCUT2D eigenvalue weighted by atomic mass is 79.9. The maximum absolute atomic E-state index is 13.9. The van der Waals surface area contributed by atoms with Crippen LogP contribution in [-0.4, -0.2) is 5.78 Å². The standard InChI is InChI=1S/C30H29BrO/c1-19-11-14-24(20(2)17-19)28-16-15-26-23(18-22-8-4-6-10-27(22)30(28)32)13-12-21-7-3-5-9-25(21)29(26)31/h3-11,14,17,23,28H,12-13,15-16,18H2,1-2H3. The molecule has 0 spiro atoms. The number of halogens is 1. The number of Topliss-reactive ketones (excluding diaryl/α,β-unsaturated/α-hetero) is 1. The third kappa shape index (κ3) is 3.90. The van der Waals surface area contributed by atoms with Crippen LogP contribution in [0.15, 0.2) is 72.3 Å². The lowest BCUT2D eigenvalue weighted by Crippen LogP contribution is -2.15. The van der Waals surface area contributed by atoms with Gasteiger partial charge in [-0.3, -0.25) is 4.79 Å². The van der Waals surface area contributed by atoms with Crippen molar-refractivity contribution in [3.63, 3.8) is 0 Å². The summed E-state index contributed by atoms with van der Waals surface area (Å²) in [4.78, 5) is 13.9. The molecule has 2 aliphatic rings. The lowest BCUT2D eigenvalue weighted by atomic mass is 9.83. The van der Waals surface area contributed by atoms with Gasteiger partial charge < -0.3 is 0 Å². The number of rotatable bonds is 1. The molecule has 0 saturated carbocycles. The predicted octanol–water partition coefficient (Wildman–Crippen LogP) is 7.97. The first-order valence-corrected chi connectivity index (χ1v) is 12.5. The molecule has 2 aliphatic carbocycles. The summed E-state index contributed by atoms with van der Waals surface area (Å²) in [7, 11) is 0. The van der Waals surface area contributed by atoms with Gasteiger partial charge in [-0.1, -0.05) is 93.8 Å². The first-order chi connectivity index (χ1) is 15.5. The van der Waals surface area contributed by atoms with Gasteiger partial charge in [0.2, 0.25) is 0 Å². The number of hydrogen-bond donors (Lipinski definition) is 0. The third-order valence-electron chi connectivity index (χ3n) is 7.36. The van der Waals surface area contributed by atoms with Crippen molar-refractivity contribution in [1.82, 2.24) is 0 Å². The minimum atomic E-state index is -0.109. The maximum Gasteiger partial charge on any atom is 0.170 e. The molecule has 0 aromatic heterocycles. The molecule has 2 unspecified atom stereocenters. The SMILES string of the molecule is Cc1ccc(C2CCC3=C(Br)c4ccccc4CCC3Cc3ccccc3C2=O)c(C)c1. The van der Waals surface area contributed by atoms with Crippen molar-refractivity contribution in [2.45, 2.75) is 51.9 Å². The summed E-state index contributed by atoms with van der Waals surface area (Å²) in [5.41, 5.74) is 9.98. The van der Waals surface area contributed by atoms with E-state index in [1.165, 1.54) is 43.4 Å². The van der Waals surface area contributed by atoms with Crippen LogP contribution >= 0.6 is 15.9 Å². The van der Waals surface area contributed by atoms with Gasteiger partial charge in [-0.25, -0.2) is 0 Å². The Bertz CT molecular complexity index is 1220. The fourth-order valence-electron chi connectivity index (χ4n) is 5.68. The number of ketones is 1. The second kappa shape index (κ2) is 8.83. The molecule has 2 atom stereocenters. The lowest BCUT2D eigenvalue weighted by Gasteiger charge is -2.21. The molecular formula is C30H29BrO. The van der Waals surface area contributed by atoms with Gasteiger partial charge in [0.25, 0.3) is 0 Å². The molecule has 0 amide bonds. The first kappa shape index (κ1) is 21.4. The highest BCUT2D eigenvalue weighted by Crippen LogP contribution is 2.44. The van der Waals surface area contributed by atoms with Crippen molar-refractivity contribution in [3.8, 4) is 0 Å². The summed E-state index contributed by atoms with van der Waals surface area (Å²) in [6.07, 6.45) is 4.92. The van der Waals surface area contributed by atoms with Crippen LogP contribution in [0, 0.1) is 19.8 Å². The molecule has 0 saturated heterocycles. The van der Waals surface area contributed by atoms with E-state index in [0.29, 0.717) is 5.92 Å². The van der Waals surface area contributed by atoms with Crippen LogP contribution in [0.1, 0.15) is 68.9 Å². The van der Waals surface area contributed by atoms with E-state index in [0.717, 1.165) is 37.7 Å². The molecule has 162 valence electrons. The Hall–Kier alpha value is -2.45. The van der Waals surface area contributed by atoms with Gasteiger partial charge in [-0.05, 0) is 79.7 Å². The van der Waals surface area contributed by atoms with Gasteiger partial charge >= 0.3 is 0 Å². The lowest BCUT2D eigenvalue weighted by molar-refractivity contribution is 0.0954. The van der Waals surface area contributed by atoms with Crippen molar-refractivity contribution in [1.29, 1.82) is 0 Å². The fraction of sp³-hybridized carbons (Fsp3) is 0.300. The van der Waals surface area contributed by atoms with Gasteiger partial charge in [0.1, 0.15) is 0 Å². The Morgan fingerprint density at radius 3 is 2.31 bits per heavy atom. The Morgan fingerprint density at radius 2 is 1.53 bits per heavy atom. The van der Waals surface area contributed by atoms with Crippen molar-refractivity contribution in [3.05, 3.63) is 111 Å². The van der Waals surface area contributed by atoms with Crippen LogP contribution in [0.25, 0.3) is 4.48 Å². The van der Waals surface area contributed by atoms with Gasteiger partial charge in [-0.2, -0.15) is 0 Å². The quantitative estimate of drug-likeness (QED) is 0.342. The Labute approximate surface area is 199 Å². The molecule has 5 rings (SSSR count). The second-order valence-electron chi connectivity index (χ2n) is 9.41. The predicted molar refractivity (Wildman–Crippen MR) is 136 cm³/mol. The molecule has 0 aliphatic heterocycles. The highest BCUT2D eigenvalue weighted by molar-refractivity contribution is 9.15. The maximum atomic E-state index is 13.9. The summed E-state index contributed by atoms with van der Waals surface area (Å²) < 4.78 is 1.25. The number of benzene rings is 3. The van der Waals surface area contributed by atoms with Crippen LogP contribution in [0.4, 0.5) is 0 Å². The molecular weight excluding hydrogens is 456 g/mol. The molecule has 1 nitrogen and oxygen atoms in total. The van der Waals surface area contributed by atoms with Crippen LogP contribution < -0.4 is 0 Å². The largest absolute Gasteiger partial charge is 0.293 e. The Morgan fingerprint density at radius 1 is 0.812 bits per heavy atom. The Kier molecular flexibility index (Phi) is 5.90. The minimum Gasteiger partial charge on any atom is -0.293 e. The zero-order valence-corrected chi connectivity index (χ0v) is 20.4. The van der Waals surface area contributed by atoms with E-state index in [-0.39, 0.29) is 11.7 Å². The highest BCUT2D eigenvalue weighted by Gasteiger charge is 2.31. The molecule has 3 aromatic rings. The van der Waals surface area contributed by atoms with Gasteiger partial charge in [0.15, 0.2) is 5.78 Å². The average molecular weight is 485 g/mol. The number of carbonyl (C=O) groups excluding carboxylic acids is 1. The van der Waals surface area contributed by atoms with E-state index in [1.807, 2.05) is 12.1 Å². The second-order valence-corrected chi connectivity index (χ2v) is 10.2. The molecule has 2 heteroatoms. The summed E-state index contributed by atoms with van der Waals surface area (Å²) >= 11 is 4.01. The smallest absolute Gasteiger partial charge is 0.170 e. The zero-order valence-electron chi connectivity index (χ0n) is 18.8. The zero-order chi connectivity index (χ0) is 22.2. The van der Waals surface area contributed by atoms with Gasteiger partial charge in [0.05, 0.1) is 0 Å². The molecule has 3 aromatic carbocycles. The van der Waals surface area contributed by atoms with Gasteiger partial charge in [-0.15, -0.1) is 0 Å². The van der Waals surface area contributed by atoms with E-state index in [1.54, 1.807) is 0 Å². The van der Waals surface area contributed by atoms with Crippen molar-refractivity contribution >= 4 is 26.2 Å². The van der Waals surface area contributed by atoms with E-state index in [4.69, 9.17) is 0 Å². The third-order valence-corrected chi connectivity index (χ3v) is 8.30. The number of aryl methyl sites for hydroxylation is 3. The van der Waals surface area contributed by atoms with Crippen molar-refractivity contribution < 1.29 is 4.79 Å². The monoisotopic (exact) mass is 484 g/mol. The molecule has 0 fully saturated rings. The van der Waals surface area contributed by atoms with Crippen molar-refractivity contribution in [2.24, 2.45) is 5.92 Å². The van der Waals surface area contributed by atoms with E-state index >= 15 is 0 Å². The molecule has 0 heterocycles. The number of carbonyl (C=O) groups is 1. The number of fused-ring (bicyclic) bond motifs is 3. The first-order valence-electron chi connectivity index (χ1n) is 11.7. The normalized spacial score (nSPS) is 20.9. The van der Waals surface area contributed by atoms with E-state index < -0.39 is 0 Å². The summed E-state index contributed by atoms with van der Waals surface area (Å²) in [6.45, 7) is 4.26. The molecule has 0 N–H and O–H groups in total. The fourth-order valence-corrected chi connectivity index (χ4v) is 6.59. The van der Waals surface area contributed by atoms with E-state index in [9.17, 15) is 4.79 Å². The molecule has 32 heavy (non-hydrogen) atoms.